The molecule has 78 valence electrons. The number of rotatable bonds is 1. The van der Waals surface area contributed by atoms with Crippen LogP contribution in [-0.4, -0.2) is 32.7 Å². The average Bonchev–Trinajstić information content (AvgIpc) is 2.60. The fraction of sp³-hybridized carbons (Fsp3) is 0.250. The summed E-state index contributed by atoms with van der Waals surface area (Å²) in [5, 5.41) is 2.76. The Hall–Kier alpha value is -1.76. The molecule has 0 bridgehead atoms. The maximum absolute atomic E-state index is 11.2. The van der Waals surface area contributed by atoms with Crippen molar-refractivity contribution in [2.45, 2.75) is 6.92 Å². The summed E-state index contributed by atoms with van der Waals surface area (Å²) in [6.45, 7) is 1.84. The van der Waals surface area contributed by atoms with Gasteiger partial charge in [-0.05, 0) is 13.0 Å². The fourth-order valence-electron chi connectivity index (χ4n) is 1.21. The van der Waals surface area contributed by atoms with Crippen molar-refractivity contribution >= 4 is 24.0 Å². The van der Waals surface area contributed by atoms with Gasteiger partial charge in [0.15, 0.2) is 0 Å². The van der Waals surface area contributed by atoms with E-state index >= 15 is 0 Å². The molecule has 6 nitrogen and oxygen atoms in total. The van der Waals surface area contributed by atoms with Crippen molar-refractivity contribution in [1.29, 1.82) is 0 Å². The lowest BCUT2D eigenvalue weighted by Gasteiger charge is -1.95. The SMILES string of the molecule is COC(=O)c1nc2nc(=S)cc(C)n2[nH]1. The number of aromatic amines is 1. The molecule has 0 saturated heterocycles. The number of carbonyl (C=O) groups is 1. The molecule has 0 aliphatic rings. The molecule has 15 heavy (non-hydrogen) atoms. The monoisotopic (exact) mass is 224 g/mol. The number of nitrogens with zero attached hydrogens (tertiary/aromatic N) is 3. The number of carbonyl (C=O) groups excluding carboxylic acids is 1. The van der Waals surface area contributed by atoms with Crippen molar-refractivity contribution in [2.75, 3.05) is 7.11 Å². The predicted molar refractivity (Wildman–Crippen MR) is 54.2 cm³/mol. The summed E-state index contributed by atoms with van der Waals surface area (Å²) in [7, 11) is 1.29. The Labute approximate surface area is 89.9 Å². The first-order valence-electron chi connectivity index (χ1n) is 4.16. The number of esters is 1. The standard InChI is InChI=1S/C8H8N4O2S/c1-4-3-5(15)9-8-10-6(7(13)14-2)11-12(4)8/h3H,1-2H3,(H,9,10,11,15). The van der Waals surface area contributed by atoms with Crippen LogP contribution in [0.4, 0.5) is 0 Å². The lowest BCUT2D eigenvalue weighted by molar-refractivity contribution is 0.0587. The van der Waals surface area contributed by atoms with E-state index in [4.69, 9.17) is 12.2 Å². The molecule has 7 heteroatoms. The number of hydrogen-bond acceptors (Lipinski definition) is 5. The van der Waals surface area contributed by atoms with E-state index < -0.39 is 5.97 Å². The van der Waals surface area contributed by atoms with Gasteiger partial charge in [-0.1, -0.05) is 12.2 Å². The first kappa shape index (κ1) is 9.78. The van der Waals surface area contributed by atoms with Gasteiger partial charge < -0.3 is 4.74 Å². The largest absolute Gasteiger partial charge is 0.463 e. The molecular formula is C8H8N4O2S. The summed E-state index contributed by atoms with van der Waals surface area (Å²) in [5.74, 6) is -0.0695. The molecule has 2 aromatic heterocycles. The predicted octanol–water partition coefficient (Wildman–Crippen LogP) is 0.882. The van der Waals surface area contributed by atoms with E-state index in [0.29, 0.717) is 10.4 Å². The molecule has 0 aliphatic carbocycles. The van der Waals surface area contributed by atoms with Gasteiger partial charge in [-0.2, -0.15) is 9.97 Å². The van der Waals surface area contributed by atoms with Gasteiger partial charge in [-0.25, -0.2) is 9.31 Å². The van der Waals surface area contributed by atoms with Crippen LogP contribution in [-0.2, 0) is 4.74 Å². The van der Waals surface area contributed by atoms with Gasteiger partial charge in [0, 0.05) is 5.69 Å². The number of nitrogens with one attached hydrogen (secondary N) is 1. The van der Waals surface area contributed by atoms with Crippen molar-refractivity contribution in [1.82, 2.24) is 19.6 Å². The molecule has 0 spiro atoms. The smallest absolute Gasteiger partial charge is 0.375 e. The van der Waals surface area contributed by atoms with E-state index in [1.165, 1.54) is 7.11 Å². The summed E-state index contributed by atoms with van der Waals surface area (Å²) < 4.78 is 6.55. The van der Waals surface area contributed by atoms with E-state index in [1.54, 1.807) is 10.6 Å². The maximum Gasteiger partial charge on any atom is 0.375 e. The molecule has 0 atom stereocenters. The zero-order valence-electron chi connectivity index (χ0n) is 8.14. The molecule has 0 aromatic carbocycles. The van der Waals surface area contributed by atoms with Gasteiger partial charge >= 0.3 is 5.97 Å². The normalized spacial score (nSPS) is 10.5. The van der Waals surface area contributed by atoms with Crippen LogP contribution in [0.2, 0.25) is 0 Å². The van der Waals surface area contributed by atoms with Gasteiger partial charge in [0.2, 0.25) is 5.82 Å². The third kappa shape index (κ3) is 1.61. The molecule has 2 rings (SSSR count). The highest BCUT2D eigenvalue weighted by Gasteiger charge is 2.12. The minimum absolute atomic E-state index is 0.105. The first-order chi connectivity index (χ1) is 7.11. The molecule has 0 amide bonds. The van der Waals surface area contributed by atoms with Crippen LogP contribution in [0, 0.1) is 11.6 Å². The second-order valence-electron chi connectivity index (χ2n) is 2.93. The third-order valence-electron chi connectivity index (χ3n) is 1.90. The van der Waals surface area contributed by atoms with Gasteiger partial charge in [0.05, 0.1) is 7.11 Å². The van der Waals surface area contributed by atoms with E-state index in [9.17, 15) is 4.79 Å². The van der Waals surface area contributed by atoms with E-state index in [2.05, 4.69) is 19.8 Å². The second kappa shape index (κ2) is 3.43. The lowest BCUT2D eigenvalue weighted by atomic mass is 10.5. The summed E-state index contributed by atoms with van der Waals surface area (Å²) in [4.78, 5) is 19.2. The minimum atomic E-state index is -0.536. The summed E-state index contributed by atoms with van der Waals surface area (Å²) >= 11 is 4.94. The molecule has 2 heterocycles. The molecule has 2 aromatic rings. The van der Waals surface area contributed by atoms with Gasteiger partial charge in [-0.3, -0.25) is 5.10 Å². The Morgan fingerprint density at radius 1 is 1.60 bits per heavy atom. The highest BCUT2D eigenvalue weighted by atomic mass is 32.1. The highest BCUT2D eigenvalue weighted by Crippen LogP contribution is 2.03. The number of ether oxygens (including phenoxy) is 1. The Morgan fingerprint density at radius 3 is 3.00 bits per heavy atom. The maximum atomic E-state index is 11.2. The van der Waals surface area contributed by atoms with Gasteiger partial charge in [0.25, 0.3) is 5.78 Å². The van der Waals surface area contributed by atoms with Crippen molar-refractivity contribution in [3.63, 3.8) is 0 Å². The Bertz CT molecular complexity index is 586. The summed E-state index contributed by atoms with van der Waals surface area (Å²) in [6.07, 6.45) is 0. The van der Waals surface area contributed by atoms with Crippen LogP contribution in [0.15, 0.2) is 6.07 Å². The van der Waals surface area contributed by atoms with E-state index in [-0.39, 0.29) is 5.82 Å². The Balaban J connectivity index is 2.70. The molecule has 0 unspecified atom stereocenters. The minimum Gasteiger partial charge on any atom is -0.463 e. The Kier molecular flexibility index (Phi) is 2.24. The average molecular weight is 224 g/mol. The topological polar surface area (TPSA) is 72.3 Å². The van der Waals surface area contributed by atoms with E-state index in [0.717, 1.165) is 5.69 Å². The van der Waals surface area contributed by atoms with Crippen molar-refractivity contribution < 1.29 is 9.53 Å². The molecule has 0 saturated carbocycles. The van der Waals surface area contributed by atoms with Crippen molar-refractivity contribution in [2.24, 2.45) is 0 Å². The number of aromatic nitrogens is 4. The molecular weight excluding hydrogens is 216 g/mol. The second-order valence-corrected chi connectivity index (χ2v) is 3.35. The molecule has 1 N–H and O–H groups in total. The first-order valence-corrected chi connectivity index (χ1v) is 4.57. The van der Waals surface area contributed by atoms with Crippen LogP contribution in [0.3, 0.4) is 0 Å². The van der Waals surface area contributed by atoms with Gasteiger partial charge in [-0.15, -0.1) is 0 Å². The molecule has 0 aliphatic heterocycles. The number of fused-ring (bicyclic) bond motifs is 1. The number of hydrogen-bond donors (Lipinski definition) is 1. The van der Waals surface area contributed by atoms with Crippen LogP contribution in [0.1, 0.15) is 16.3 Å². The van der Waals surface area contributed by atoms with E-state index in [1.807, 2.05) is 6.92 Å². The van der Waals surface area contributed by atoms with Crippen molar-refractivity contribution in [3.8, 4) is 0 Å². The number of H-pyrrole nitrogens is 1. The Morgan fingerprint density at radius 2 is 2.33 bits per heavy atom. The van der Waals surface area contributed by atoms with Crippen LogP contribution < -0.4 is 0 Å². The van der Waals surface area contributed by atoms with Gasteiger partial charge in [0.1, 0.15) is 4.64 Å². The van der Waals surface area contributed by atoms with Crippen LogP contribution >= 0.6 is 12.2 Å². The zero-order valence-corrected chi connectivity index (χ0v) is 8.96. The molecule has 0 fully saturated rings. The molecule has 0 radical (unpaired) electrons. The quantitative estimate of drug-likeness (QED) is 0.575. The fourth-order valence-corrected chi connectivity index (χ4v) is 1.47. The summed E-state index contributed by atoms with van der Waals surface area (Å²) in [6, 6.07) is 1.71. The van der Waals surface area contributed by atoms with Crippen molar-refractivity contribution in [3.05, 3.63) is 22.2 Å². The van der Waals surface area contributed by atoms with Crippen LogP contribution in [0.5, 0.6) is 0 Å². The summed E-state index contributed by atoms with van der Waals surface area (Å²) in [5.41, 5.74) is 0.827. The number of methoxy groups -OCH3 is 1. The third-order valence-corrected chi connectivity index (χ3v) is 2.11. The zero-order chi connectivity index (χ0) is 11.0. The van der Waals surface area contributed by atoms with Crippen LogP contribution in [0.25, 0.3) is 5.78 Å². The highest BCUT2D eigenvalue weighted by molar-refractivity contribution is 7.71. The lowest BCUT2D eigenvalue weighted by Crippen LogP contribution is -2.04. The number of aryl methyl sites for hydroxylation is 1.